The van der Waals surface area contributed by atoms with Gasteiger partial charge >= 0.3 is 0 Å². The van der Waals surface area contributed by atoms with Crippen molar-refractivity contribution in [2.45, 2.75) is 27.7 Å². The molecule has 0 radical (unpaired) electrons. The van der Waals surface area contributed by atoms with Gasteiger partial charge in [-0.05, 0) is 71.9 Å². The van der Waals surface area contributed by atoms with Crippen LogP contribution in [0.5, 0.6) is 0 Å². The van der Waals surface area contributed by atoms with Crippen LogP contribution in [-0.4, -0.2) is 7.85 Å². The Morgan fingerprint density at radius 2 is 1.30 bits per heavy atom. The number of aryl methyl sites for hydroxylation is 2. The van der Waals surface area contributed by atoms with Gasteiger partial charge < -0.3 is 11.5 Å². The van der Waals surface area contributed by atoms with E-state index in [0.29, 0.717) is 0 Å². The van der Waals surface area contributed by atoms with E-state index in [-0.39, 0.29) is 0 Å². The highest BCUT2D eigenvalue weighted by Crippen LogP contribution is 2.41. The maximum atomic E-state index is 6.35. The highest BCUT2D eigenvalue weighted by atomic mass is 79.9. The second-order valence-corrected chi connectivity index (χ2v) is 6.37. The average Bonchev–Trinajstić information content (AvgIpc) is 2.38. The fourth-order valence-corrected chi connectivity index (χ4v) is 3.19. The highest BCUT2D eigenvalue weighted by molar-refractivity contribution is 9.10. The number of halogens is 1. The summed E-state index contributed by atoms with van der Waals surface area (Å²) < 4.78 is 0.925. The van der Waals surface area contributed by atoms with Gasteiger partial charge in [0.15, 0.2) is 0 Å². The summed E-state index contributed by atoms with van der Waals surface area (Å²) in [5.41, 5.74) is 22.3. The van der Waals surface area contributed by atoms with Crippen molar-refractivity contribution < 1.29 is 0 Å². The molecule has 2 aromatic rings. The van der Waals surface area contributed by atoms with Gasteiger partial charge in [0.2, 0.25) is 0 Å². The zero-order valence-electron chi connectivity index (χ0n) is 12.7. The zero-order valence-corrected chi connectivity index (χ0v) is 14.3. The average molecular weight is 331 g/mol. The Labute approximate surface area is 130 Å². The molecule has 20 heavy (non-hydrogen) atoms. The van der Waals surface area contributed by atoms with Crippen LogP contribution in [0.25, 0.3) is 11.1 Å². The molecule has 0 saturated heterocycles. The fraction of sp³-hybridized carbons (Fsp3) is 0.250. The van der Waals surface area contributed by atoms with E-state index in [1.807, 2.05) is 7.85 Å². The summed E-state index contributed by atoms with van der Waals surface area (Å²) in [6.45, 7) is 8.42. The van der Waals surface area contributed by atoms with Gasteiger partial charge in [-0.1, -0.05) is 11.5 Å². The largest absolute Gasteiger partial charge is 0.399 e. The minimum absolute atomic E-state index is 0.757. The van der Waals surface area contributed by atoms with Crippen LogP contribution >= 0.6 is 15.9 Å². The van der Waals surface area contributed by atoms with Crippen molar-refractivity contribution in [2.24, 2.45) is 0 Å². The van der Waals surface area contributed by atoms with Crippen molar-refractivity contribution in [3.63, 3.8) is 0 Å². The summed E-state index contributed by atoms with van der Waals surface area (Å²) >= 11 is 3.55. The van der Waals surface area contributed by atoms with Crippen molar-refractivity contribution in [3.05, 3.63) is 38.9 Å². The third-order valence-electron chi connectivity index (χ3n) is 4.18. The van der Waals surface area contributed by atoms with Crippen LogP contribution in [0.3, 0.4) is 0 Å². The molecule has 0 atom stereocenters. The Morgan fingerprint density at radius 1 is 0.850 bits per heavy atom. The lowest BCUT2D eigenvalue weighted by molar-refractivity contribution is 1.30. The van der Waals surface area contributed by atoms with E-state index in [1.54, 1.807) is 0 Å². The minimum Gasteiger partial charge on any atom is -0.399 e. The number of benzene rings is 2. The highest BCUT2D eigenvalue weighted by Gasteiger charge is 2.18. The van der Waals surface area contributed by atoms with Gasteiger partial charge in [-0.15, -0.1) is 0 Å². The molecular formula is C16H20BBrN2. The number of anilines is 2. The first-order chi connectivity index (χ1) is 9.25. The smallest absolute Gasteiger partial charge is 0.142 e. The lowest BCUT2D eigenvalue weighted by Crippen LogP contribution is -2.14. The zero-order chi connectivity index (χ0) is 15.2. The Kier molecular flexibility index (Phi) is 3.87. The molecule has 0 amide bonds. The molecule has 2 nitrogen and oxygen atoms in total. The van der Waals surface area contributed by atoms with Crippen LogP contribution in [0.1, 0.15) is 22.3 Å². The van der Waals surface area contributed by atoms with E-state index < -0.39 is 0 Å². The van der Waals surface area contributed by atoms with Crippen molar-refractivity contribution in [1.82, 2.24) is 0 Å². The number of nitrogens with two attached hydrogens (primary N) is 2. The van der Waals surface area contributed by atoms with Crippen LogP contribution in [0.15, 0.2) is 16.6 Å². The van der Waals surface area contributed by atoms with Crippen molar-refractivity contribution >= 4 is 40.6 Å². The Hall–Kier alpha value is -1.42. The van der Waals surface area contributed by atoms with Crippen molar-refractivity contribution in [3.8, 4) is 11.1 Å². The molecule has 2 aromatic carbocycles. The molecule has 2 rings (SSSR count). The van der Waals surface area contributed by atoms with Crippen LogP contribution in [0.2, 0.25) is 0 Å². The molecule has 0 aliphatic rings. The summed E-state index contributed by atoms with van der Waals surface area (Å²) in [5, 5.41) is 0. The molecule has 0 heterocycles. The molecule has 4 N–H and O–H groups in total. The molecule has 4 heteroatoms. The minimum atomic E-state index is 0.757. The third-order valence-corrected chi connectivity index (χ3v) is 4.84. The van der Waals surface area contributed by atoms with E-state index in [9.17, 15) is 0 Å². The maximum absolute atomic E-state index is 6.35. The molecule has 0 aliphatic carbocycles. The predicted octanol–water partition coefficient (Wildman–Crippen LogP) is 2.77. The van der Waals surface area contributed by atoms with Gasteiger partial charge in [0.05, 0.1) is 5.69 Å². The fourth-order valence-electron chi connectivity index (χ4n) is 2.65. The topological polar surface area (TPSA) is 52.0 Å². The quantitative estimate of drug-likeness (QED) is 0.624. The monoisotopic (exact) mass is 330 g/mol. The van der Waals surface area contributed by atoms with E-state index in [2.05, 4.69) is 55.8 Å². The second kappa shape index (κ2) is 5.17. The van der Waals surface area contributed by atoms with Gasteiger partial charge in [-0.3, -0.25) is 0 Å². The summed E-state index contributed by atoms with van der Waals surface area (Å²) in [7, 11) is 2.04. The standard InChI is InChI=1S/C16H20BBrN2/c1-7-5-11(17)15(19)13(9(7)3)14-10(4)8(2)6-12(18)16(14)20/h5-6H,17,19-20H2,1-4H3. The maximum Gasteiger partial charge on any atom is 0.142 e. The van der Waals surface area contributed by atoms with E-state index in [4.69, 9.17) is 11.5 Å². The number of rotatable bonds is 1. The predicted molar refractivity (Wildman–Crippen MR) is 95.5 cm³/mol. The molecule has 0 fully saturated rings. The lowest BCUT2D eigenvalue weighted by Gasteiger charge is -2.20. The molecule has 0 aliphatic heterocycles. The Bertz CT molecular complexity index is 595. The van der Waals surface area contributed by atoms with Crippen molar-refractivity contribution in [1.29, 1.82) is 0 Å². The Morgan fingerprint density at radius 3 is 1.85 bits per heavy atom. The molecule has 0 unspecified atom stereocenters. The molecular weight excluding hydrogens is 311 g/mol. The van der Waals surface area contributed by atoms with Crippen LogP contribution in [0, 0.1) is 27.7 Å². The third kappa shape index (κ3) is 2.22. The van der Waals surface area contributed by atoms with E-state index in [1.165, 1.54) is 22.3 Å². The molecule has 0 aromatic heterocycles. The van der Waals surface area contributed by atoms with Gasteiger partial charge in [-0.25, -0.2) is 0 Å². The first kappa shape index (κ1) is 15.0. The van der Waals surface area contributed by atoms with E-state index in [0.717, 1.165) is 32.4 Å². The van der Waals surface area contributed by atoms with Gasteiger partial charge in [0, 0.05) is 21.3 Å². The van der Waals surface area contributed by atoms with Gasteiger partial charge in [-0.2, -0.15) is 0 Å². The number of hydrogen-bond acceptors (Lipinski definition) is 2. The SMILES string of the molecule is Bc1cc(C)c(C)c(-c2c(C)c(C)cc(Br)c2N)c1N. The lowest BCUT2D eigenvalue weighted by atomic mass is 9.82. The second-order valence-electron chi connectivity index (χ2n) is 5.51. The normalized spacial score (nSPS) is 10.8. The summed E-state index contributed by atoms with van der Waals surface area (Å²) in [5.74, 6) is 0. The van der Waals surface area contributed by atoms with E-state index >= 15 is 0 Å². The van der Waals surface area contributed by atoms with Gasteiger partial charge in [0.1, 0.15) is 7.85 Å². The first-order valence-electron chi connectivity index (χ1n) is 6.67. The first-order valence-corrected chi connectivity index (χ1v) is 7.46. The van der Waals surface area contributed by atoms with Crippen LogP contribution < -0.4 is 16.9 Å². The summed E-state index contributed by atoms with van der Waals surface area (Å²) in [6.07, 6.45) is 0. The number of nitrogen functional groups attached to an aromatic ring is 2. The number of hydrogen-bond donors (Lipinski definition) is 2. The molecule has 0 spiro atoms. The van der Waals surface area contributed by atoms with Gasteiger partial charge in [0.25, 0.3) is 0 Å². The van der Waals surface area contributed by atoms with Crippen LogP contribution in [-0.2, 0) is 0 Å². The molecule has 104 valence electrons. The summed E-state index contributed by atoms with van der Waals surface area (Å²) in [6, 6.07) is 4.19. The Balaban J connectivity index is 2.96. The van der Waals surface area contributed by atoms with Crippen LogP contribution in [0.4, 0.5) is 11.4 Å². The summed E-state index contributed by atoms with van der Waals surface area (Å²) in [4.78, 5) is 0. The molecule has 0 bridgehead atoms. The van der Waals surface area contributed by atoms with Crippen molar-refractivity contribution in [2.75, 3.05) is 11.5 Å². The molecule has 0 saturated carbocycles.